The normalized spacial score (nSPS) is 12.7. The number of benzene rings is 2. The quantitative estimate of drug-likeness (QED) is 0.312. The Morgan fingerprint density at radius 1 is 1.12 bits per heavy atom. The van der Waals surface area contributed by atoms with Crippen LogP contribution in [0.2, 0.25) is 0 Å². The molecule has 0 unspecified atom stereocenters. The van der Waals surface area contributed by atoms with Crippen LogP contribution in [0.3, 0.4) is 0 Å². The molecule has 32 heavy (non-hydrogen) atoms. The van der Waals surface area contributed by atoms with Gasteiger partial charge in [-0.1, -0.05) is 53.0 Å². The van der Waals surface area contributed by atoms with E-state index in [1.165, 1.54) is 6.92 Å². The molecule has 1 atom stereocenters. The van der Waals surface area contributed by atoms with E-state index >= 15 is 0 Å². The van der Waals surface area contributed by atoms with Crippen LogP contribution in [0.4, 0.5) is 5.69 Å². The minimum atomic E-state index is -1.85. The molecule has 2 aromatic carbocycles. The van der Waals surface area contributed by atoms with Crippen molar-refractivity contribution in [2.75, 3.05) is 0 Å². The van der Waals surface area contributed by atoms with E-state index in [9.17, 15) is 9.59 Å². The first-order valence-electron chi connectivity index (χ1n) is 9.56. The van der Waals surface area contributed by atoms with Crippen molar-refractivity contribution in [2.45, 2.75) is 23.9 Å². The van der Waals surface area contributed by atoms with Gasteiger partial charge >= 0.3 is 0 Å². The Morgan fingerprint density at radius 3 is 2.31 bits per heavy atom. The summed E-state index contributed by atoms with van der Waals surface area (Å²) in [4.78, 5) is 28.7. The molecule has 1 aromatic heterocycles. The highest BCUT2D eigenvalue weighted by molar-refractivity contribution is 6.68. The number of hydrogen-bond acceptors (Lipinski definition) is 4. The van der Waals surface area contributed by atoms with E-state index in [4.69, 9.17) is 39.5 Å². The number of alkyl halides is 3. The Balaban J connectivity index is 1.81. The molecule has 0 aliphatic heterocycles. The van der Waals surface area contributed by atoms with Gasteiger partial charge in [0.1, 0.15) is 5.75 Å². The molecular weight excluding hydrogens is 475 g/mol. The van der Waals surface area contributed by atoms with Crippen molar-refractivity contribution in [3.63, 3.8) is 0 Å². The molecule has 10 heteroatoms. The monoisotopic (exact) mass is 494 g/mol. The lowest BCUT2D eigenvalue weighted by Crippen LogP contribution is -2.47. The molecule has 3 aromatic rings. The number of carbonyl (C=O) groups is 1. The number of hydrogen-bond donors (Lipinski definition) is 1. The van der Waals surface area contributed by atoms with E-state index in [0.717, 1.165) is 16.9 Å². The van der Waals surface area contributed by atoms with Gasteiger partial charge in [0.2, 0.25) is 15.9 Å². The number of nitrogens with one attached hydrogen (secondary N) is 1. The molecule has 1 N–H and O–H groups in total. The Labute approximate surface area is 200 Å². The van der Waals surface area contributed by atoms with Crippen molar-refractivity contribution < 1.29 is 9.53 Å². The predicted molar refractivity (Wildman–Crippen MR) is 128 cm³/mol. The van der Waals surface area contributed by atoms with E-state index < -0.39 is 15.9 Å². The average Bonchev–Trinajstić information content (AvgIpc) is 2.95. The van der Waals surface area contributed by atoms with Crippen molar-refractivity contribution in [3.8, 4) is 11.4 Å². The molecule has 0 fully saturated rings. The lowest BCUT2D eigenvalue weighted by Gasteiger charge is -2.25. The van der Waals surface area contributed by atoms with E-state index in [0.29, 0.717) is 11.4 Å². The van der Waals surface area contributed by atoms with Crippen molar-refractivity contribution in [2.24, 2.45) is 12.0 Å². The van der Waals surface area contributed by atoms with Gasteiger partial charge in [0, 0.05) is 20.2 Å². The minimum Gasteiger partial charge on any atom is -0.466 e. The summed E-state index contributed by atoms with van der Waals surface area (Å²) in [6.45, 7) is 3.13. The second-order valence-electron chi connectivity index (χ2n) is 6.98. The van der Waals surface area contributed by atoms with Crippen LogP contribution < -0.4 is 15.6 Å². The van der Waals surface area contributed by atoms with Crippen molar-refractivity contribution in [1.29, 1.82) is 0 Å². The van der Waals surface area contributed by atoms with Crippen molar-refractivity contribution in [1.82, 2.24) is 14.7 Å². The summed E-state index contributed by atoms with van der Waals surface area (Å²) in [7, 11) is 1.81. The zero-order chi connectivity index (χ0) is 23.5. The van der Waals surface area contributed by atoms with Crippen LogP contribution in [0.25, 0.3) is 5.69 Å². The van der Waals surface area contributed by atoms with Gasteiger partial charge in [-0.2, -0.15) is 0 Å². The van der Waals surface area contributed by atoms with Gasteiger partial charge in [-0.15, -0.1) is 0 Å². The zero-order valence-electron chi connectivity index (χ0n) is 17.6. The van der Waals surface area contributed by atoms with Crippen molar-refractivity contribution >= 4 is 52.6 Å². The highest BCUT2D eigenvalue weighted by atomic mass is 35.6. The second-order valence-corrected chi connectivity index (χ2v) is 9.35. The SMILES string of the molecule is CC(=O)N[C@@H](Oc1ccc(C=Nc2c(C)n(C)n(-c3ccccc3)c2=O)cc1)C(Cl)(Cl)Cl. The van der Waals surface area contributed by atoms with Crippen LogP contribution in [-0.2, 0) is 11.8 Å². The second kappa shape index (κ2) is 9.81. The van der Waals surface area contributed by atoms with Crippen LogP contribution in [0.1, 0.15) is 18.2 Å². The Hall–Kier alpha value is -2.74. The Morgan fingerprint density at radius 2 is 1.75 bits per heavy atom. The first-order valence-corrected chi connectivity index (χ1v) is 10.7. The van der Waals surface area contributed by atoms with Crippen LogP contribution in [0.15, 0.2) is 64.4 Å². The standard InChI is InChI=1S/C22H21Cl3N4O3/c1-14-19(20(31)29(28(14)3)17-7-5-4-6-8-17)26-13-16-9-11-18(12-10-16)32-21(22(23,24)25)27-15(2)30/h4-13,21H,1-3H3,(H,27,30)/t21-/m0/s1. The molecular formula is C22H21Cl3N4O3. The summed E-state index contributed by atoms with van der Waals surface area (Å²) in [5.74, 6) is -0.0148. The molecule has 0 aliphatic carbocycles. The number of ether oxygens (including phenoxy) is 1. The largest absolute Gasteiger partial charge is 0.466 e. The van der Waals surface area contributed by atoms with Crippen LogP contribution in [-0.4, -0.2) is 31.5 Å². The first-order chi connectivity index (χ1) is 15.1. The third-order valence-electron chi connectivity index (χ3n) is 4.63. The van der Waals surface area contributed by atoms with Crippen molar-refractivity contribution in [3.05, 3.63) is 76.2 Å². The molecule has 0 aliphatic rings. The van der Waals surface area contributed by atoms with E-state index in [1.54, 1.807) is 39.8 Å². The smallest absolute Gasteiger partial charge is 0.297 e. The van der Waals surface area contributed by atoms with Gasteiger partial charge in [0.15, 0.2) is 5.69 Å². The van der Waals surface area contributed by atoms with Gasteiger partial charge < -0.3 is 10.1 Å². The summed E-state index contributed by atoms with van der Waals surface area (Å²) in [6, 6.07) is 16.1. The molecule has 0 bridgehead atoms. The summed E-state index contributed by atoms with van der Waals surface area (Å²) in [5.41, 5.74) is 2.35. The summed E-state index contributed by atoms with van der Waals surface area (Å²) >= 11 is 17.6. The van der Waals surface area contributed by atoms with E-state index in [-0.39, 0.29) is 5.56 Å². The average molecular weight is 496 g/mol. The lowest BCUT2D eigenvalue weighted by molar-refractivity contribution is -0.121. The molecule has 1 amide bonds. The number of halogens is 3. The minimum absolute atomic E-state index is 0.215. The number of aliphatic imine (C=N–C) groups is 1. The zero-order valence-corrected chi connectivity index (χ0v) is 19.8. The third kappa shape index (κ3) is 5.54. The van der Waals surface area contributed by atoms with E-state index in [2.05, 4.69) is 10.3 Å². The topological polar surface area (TPSA) is 77.6 Å². The predicted octanol–water partition coefficient (Wildman–Crippen LogP) is 4.45. The maximum atomic E-state index is 12.9. The molecule has 3 rings (SSSR count). The highest BCUT2D eigenvalue weighted by Crippen LogP contribution is 2.32. The molecule has 168 valence electrons. The summed E-state index contributed by atoms with van der Waals surface area (Å²) < 4.78 is 7.06. The number of aromatic nitrogens is 2. The van der Waals surface area contributed by atoms with Gasteiger partial charge in [0.25, 0.3) is 5.56 Å². The number of nitrogens with zero attached hydrogens (tertiary/aromatic N) is 3. The molecule has 7 nitrogen and oxygen atoms in total. The first kappa shape index (κ1) is 23.9. The van der Waals surface area contributed by atoms with Crippen LogP contribution in [0, 0.1) is 6.92 Å². The number of carbonyl (C=O) groups excluding carboxylic acids is 1. The van der Waals surface area contributed by atoms with Gasteiger partial charge in [-0.25, -0.2) is 9.67 Å². The fourth-order valence-corrected chi connectivity index (χ4v) is 3.27. The molecule has 0 saturated carbocycles. The Kier molecular flexibility index (Phi) is 7.33. The lowest BCUT2D eigenvalue weighted by atomic mass is 10.2. The molecule has 0 saturated heterocycles. The fourth-order valence-electron chi connectivity index (χ4n) is 2.97. The number of para-hydroxylation sites is 1. The Bertz CT molecular complexity index is 1180. The van der Waals surface area contributed by atoms with Gasteiger partial charge in [0.05, 0.1) is 11.4 Å². The number of rotatable bonds is 6. The maximum absolute atomic E-state index is 12.9. The van der Waals surface area contributed by atoms with E-state index in [1.807, 2.05) is 44.3 Å². The van der Waals surface area contributed by atoms with Gasteiger partial charge in [-0.3, -0.25) is 14.3 Å². The molecule has 0 radical (unpaired) electrons. The summed E-state index contributed by atoms with van der Waals surface area (Å²) in [6.07, 6.45) is 0.427. The van der Waals surface area contributed by atoms with Crippen LogP contribution in [0.5, 0.6) is 5.75 Å². The third-order valence-corrected chi connectivity index (χ3v) is 5.23. The number of amides is 1. The van der Waals surface area contributed by atoms with Crippen LogP contribution >= 0.6 is 34.8 Å². The van der Waals surface area contributed by atoms with Gasteiger partial charge in [-0.05, 0) is 48.9 Å². The fraction of sp³-hybridized carbons (Fsp3) is 0.227. The maximum Gasteiger partial charge on any atom is 0.297 e. The molecule has 0 spiro atoms. The highest BCUT2D eigenvalue weighted by Gasteiger charge is 2.35. The summed E-state index contributed by atoms with van der Waals surface area (Å²) in [5, 5.41) is 2.44. The molecule has 1 heterocycles.